The van der Waals surface area contributed by atoms with Crippen LogP contribution >= 0.6 is 0 Å². The van der Waals surface area contributed by atoms with Crippen LogP contribution in [0.1, 0.15) is 24.2 Å². The summed E-state index contributed by atoms with van der Waals surface area (Å²) >= 11 is 0. The van der Waals surface area contributed by atoms with Crippen LogP contribution in [-0.4, -0.2) is 47.1 Å². The van der Waals surface area contributed by atoms with Gasteiger partial charge in [-0.15, -0.1) is 0 Å². The zero-order valence-electron chi connectivity index (χ0n) is 10.8. The maximum Gasteiger partial charge on any atom is 0.337 e. The van der Waals surface area contributed by atoms with Crippen molar-refractivity contribution in [1.29, 1.82) is 0 Å². The van der Waals surface area contributed by atoms with Crippen molar-refractivity contribution >= 4 is 17.5 Å². The molecule has 0 saturated heterocycles. The maximum atomic E-state index is 10.9. The van der Waals surface area contributed by atoms with Crippen molar-refractivity contribution in [3.63, 3.8) is 0 Å². The van der Waals surface area contributed by atoms with Gasteiger partial charge in [-0.05, 0) is 19.2 Å². The van der Waals surface area contributed by atoms with Crippen LogP contribution in [0.3, 0.4) is 0 Å². The van der Waals surface area contributed by atoms with Crippen LogP contribution in [0.2, 0.25) is 0 Å². The van der Waals surface area contributed by atoms with Crippen molar-refractivity contribution in [2.45, 2.75) is 13.8 Å². The fraction of sp³-hybridized carbons (Fsp3) is 0.500. The fourth-order valence-electron chi connectivity index (χ4n) is 1.67. The number of nitrogens with two attached hydrogens (primary N) is 1. The highest BCUT2D eigenvalue weighted by Gasteiger charge is 2.11. The van der Waals surface area contributed by atoms with Gasteiger partial charge >= 0.3 is 5.97 Å². The van der Waals surface area contributed by atoms with Gasteiger partial charge in [0.1, 0.15) is 5.82 Å². The molecule has 6 heteroatoms. The normalized spacial score (nSPS) is 10.6. The number of nitrogens with zero attached hydrogens (tertiary/aromatic N) is 2. The number of nitrogen functional groups attached to an aromatic ring is 1. The first-order chi connectivity index (χ1) is 8.60. The van der Waals surface area contributed by atoms with Crippen molar-refractivity contribution in [3.05, 3.63) is 17.8 Å². The summed E-state index contributed by atoms with van der Waals surface area (Å²) < 4.78 is 0. The van der Waals surface area contributed by atoms with E-state index in [2.05, 4.69) is 29.0 Å². The lowest BCUT2D eigenvalue weighted by molar-refractivity contribution is 0.0698. The first-order valence-electron chi connectivity index (χ1n) is 6.04. The average molecular weight is 252 g/mol. The Hall–Kier alpha value is -1.82. The van der Waals surface area contributed by atoms with E-state index in [0.717, 1.165) is 19.6 Å². The van der Waals surface area contributed by atoms with E-state index in [-0.39, 0.29) is 11.3 Å². The molecule has 1 aromatic heterocycles. The number of aromatic nitrogens is 1. The Balaban J connectivity index is 2.63. The van der Waals surface area contributed by atoms with Crippen LogP contribution in [0, 0.1) is 0 Å². The average Bonchev–Trinajstić information content (AvgIpc) is 2.36. The Bertz CT molecular complexity index is 405. The number of carbonyl (C=O) groups is 1. The Labute approximate surface area is 107 Å². The predicted octanol–water partition coefficient (Wildman–Crippen LogP) is 1.12. The van der Waals surface area contributed by atoms with Gasteiger partial charge in [-0.2, -0.15) is 0 Å². The lowest BCUT2D eigenvalue weighted by Gasteiger charge is -2.18. The second-order valence-electron chi connectivity index (χ2n) is 3.88. The molecule has 1 aromatic rings. The molecule has 0 unspecified atom stereocenters. The van der Waals surface area contributed by atoms with E-state index in [1.807, 2.05) is 0 Å². The number of pyridine rings is 1. The van der Waals surface area contributed by atoms with Gasteiger partial charge in [-0.1, -0.05) is 13.8 Å². The predicted molar refractivity (Wildman–Crippen MR) is 71.9 cm³/mol. The minimum atomic E-state index is -1.04. The lowest BCUT2D eigenvalue weighted by atomic mass is 10.2. The Morgan fingerprint density at radius 1 is 1.50 bits per heavy atom. The zero-order valence-corrected chi connectivity index (χ0v) is 10.8. The van der Waals surface area contributed by atoms with Crippen LogP contribution in [0.4, 0.5) is 11.5 Å². The number of aromatic carboxylic acids is 1. The SMILES string of the molecule is CCN(CC)CCNc1nccc(C(=O)O)c1N. The van der Waals surface area contributed by atoms with Crippen LogP contribution in [0.25, 0.3) is 0 Å². The van der Waals surface area contributed by atoms with E-state index in [9.17, 15) is 4.79 Å². The summed E-state index contributed by atoms with van der Waals surface area (Å²) in [4.78, 5) is 17.2. The van der Waals surface area contributed by atoms with E-state index in [0.29, 0.717) is 12.4 Å². The molecule has 0 aromatic carbocycles. The van der Waals surface area contributed by atoms with Gasteiger partial charge in [0.15, 0.2) is 0 Å². The molecule has 1 rings (SSSR count). The molecular weight excluding hydrogens is 232 g/mol. The van der Waals surface area contributed by atoms with Gasteiger partial charge in [0.05, 0.1) is 11.3 Å². The van der Waals surface area contributed by atoms with Gasteiger partial charge < -0.3 is 21.1 Å². The molecule has 18 heavy (non-hydrogen) atoms. The number of nitrogens with one attached hydrogen (secondary N) is 1. The Morgan fingerprint density at radius 3 is 2.72 bits per heavy atom. The molecule has 0 atom stereocenters. The summed E-state index contributed by atoms with van der Waals surface area (Å²) in [6.07, 6.45) is 1.44. The second kappa shape index (κ2) is 6.80. The molecule has 0 aliphatic carbocycles. The van der Waals surface area contributed by atoms with Crippen LogP contribution < -0.4 is 11.1 Å². The summed E-state index contributed by atoms with van der Waals surface area (Å²) in [5.74, 6) is -0.608. The fourth-order valence-corrected chi connectivity index (χ4v) is 1.67. The van der Waals surface area contributed by atoms with Gasteiger partial charge in [0.2, 0.25) is 0 Å². The highest BCUT2D eigenvalue weighted by molar-refractivity contribution is 5.96. The largest absolute Gasteiger partial charge is 0.478 e. The first-order valence-corrected chi connectivity index (χ1v) is 6.04. The molecule has 6 nitrogen and oxygen atoms in total. The van der Waals surface area contributed by atoms with Gasteiger partial charge in [0.25, 0.3) is 0 Å². The molecule has 0 radical (unpaired) electrons. The molecular formula is C12H20N4O2. The van der Waals surface area contributed by atoms with Gasteiger partial charge in [-0.3, -0.25) is 0 Å². The third kappa shape index (κ3) is 3.59. The molecule has 0 bridgehead atoms. The molecule has 0 fully saturated rings. The Kier molecular flexibility index (Phi) is 5.38. The van der Waals surface area contributed by atoms with Gasteiger partial charge in [0, 0.05) is 19.3 Å². The van der Waals surface area contributed by atoms with Crippen molar-refractivity contribution in [3.8, 4) is 0 Å². The molecule has 1 heterocycles. The molecule has 4 N–H and O–H groups in total. The lowest BCUT2D eigenvalue weighted by Crippen LogP contribution is -2.29. The second-order valence-corrected chi connectivity index (χ2v) is 3.88. The van der Waals surface area contributed by atoms with Crippen LogP contribution in [0.15, 0.2) is 12.3 Å². The van der Waals surface area contributed by atoms with E-state index >= 15 is 0 Å². The van der Waals surface area contributed by atoms with E-state index in [1.165, 1.54) is 12.3 Å². The summed E-state index contributed by atoms with van der Waals surface area (Å²) in [6.45, 7) is 7.71. The maximum absolute atomic E-state index is 10.9. The quantitative estimate of drug-likeness (QED) is 0.673. The number of likely N-dealkylation sites (N-methyl/N-ethyl adjacent to an activating group) is 1. The molecule has 100 valence electrons. The standard InChI is InChI=1S/C12H20N4O2/c1-3-16(4-2)8-7-15-11-10(13)9(12(17)18)5-6-14-11/h5-6H,3-4,7-8,13H2,1-2H3,(H,14,15)(H,17,18). The highest BCUT2D eigenvalue weighted by Crippen LogP contribution is 2.19. The van der Waals surface area contributed by atoms with Crippen LogP contribution in [-0.2, 0) is 0 Å². The molecule has 0 aliphatic rings. The number of hydrogen-bond acceptors (Lipinski definition) is 5. The topological polar surface area (TPSA) is 91.5 Å². The number of carboxylic acids is 1. The molecule has 0 amide bonds. The first kappa shape index (κ1) is 14.2. The third-order valence-electron chi connectivity index (χ3n) is 2.84. The molecule has 0 spiro atoms. The molecule has 0 saturated carbocycles. The van der Waals surface area contributed by atoms with Crippen molar-refractivity contribution in [2.24, 2.45) is 0 Å². The highest BCUT2D eigenvalue weighted by atomic mass is 16.4. The minimum absolute atomic E-state index is 0.0790. The zero-order chi connectivity index (χ0) is 13.5. The van der Waals surface area contributed by atoms with E-state index < -0.39 is 5.97 Å². The smallest absolute Gasteiger partial charge is 0.337 e. The summed E-state index contributed by atoms with van der Waals surface area (Å²) in [7, 11) is 0. The van der Waals surface area contributed by atoms with Gasteiger partial charge in [-0.25, -0.2) is 9.78 Å². The van der Waals surface area contributed by atoms with Crippen molar-refractivity contribution in [2.75, 3.05) is 37.2 Å². The number of anilines is 2. The number of hydrogen-bond donors (Lipinski definition) is 3. The van der Waals surface area contributed by atoms with Crippen LogP contribution in [0.5, 0.6) is 0 Å². The number of carboxylic acid groups (broad SMARTS) is 1. The summed E-state index contributed by atoms with van der Waals surface area (Å²) in [6, 6.07) is 1.40. The van der Waals surface area contributed by atoms with Crippen molar-refractivity contribution in [1.82, 2.24) is 9.88 Å². The Morgan fingerprint density at radius 2 is 2.17 bits per heavy atom. The third-order valence-corrected chi connectivity index (χ3v) is 2.84. The monoisotopic (exact) mass is 252 g/mol. The van der Waals surface area contributed by atoms with E-state index in [4.69, 9.17) is 10.8 Å². The number of rotatable bonds is 7. The summed E-state index contributed by atoms with van der Waals surface area (Å²) in [5.41, 5.74) is 6.01. The summed E-state index contributed by atoms with van der Waals surface area (Å²) in [5, 5.41) is 12.0. The van der Waals surface area contributed by atoms with E-state index in [1.54, 1.807) is 0 Å². The van der Waals surface area contributed by atoms with Crippen molar-refractivity contribution < 1.29 is 9.90 Å². The molecule has 0 aliphatic heterocycles. The minimum Gasteiger partial charge on any atom is -0.478 e.